The first-order chi connectivity index (χ1) is 13.3. The lowest BCUT2D eigenvalue weighted by atomic mass is 10.1. The Kier molecular flexibility index (Phi) is 8.15. The van der Waals surface area contributed by atoms with Crippen molar-refractivity contribution in [2.45, 2.75) is 39.4 Å². The number of carbonyl (C=O) groups excluding carboxylic acids is 2. The van der Waals surface area contributed by atoms with E-state index in [2.05, 4.69) is 5.32 Å². The van der Waals surface area contributed by atoms with Gasteiger partial charge in [-0.25, -0.2) is 0 Å². The van der Waals surface area contributed by atoms with Crippen LogP contribution in [0.3, 0.4) is 0 Å². The van der Waals surface area contributed by atoms with Crippen LogP contribution in [0.5, 0.6) is 5.75 Å². The summed E-state index contributed by atoms with van der Waals surface area (Å²) in [4.78, 5) is 26.8. The predicted octanol–water partition coefficient (Wildman–Crippen LogP) is 4.31. The van der Waals surface area contributed by atoms with E-state index in [1.807, 2.05) is 32.0 Å². The van der Waals surface area contributed by atoms with Gasteiger partial charge in [0.15, 0.2) is 6.61 Å². The zero-order valence-electron chi connectivity index (χ0n) is 16.1. The Labute approximate surface area is 175 Å². The fourth-order valence-electron chi connectivity index (χ4n) is 2.57. The van der Waals surface area contributed by atoms with Gasteiger partial charge in [-0.2, -0.15) is 0 Å². The van der Waals surface area contributed by atoms with E-state index in [4.69, 9.17) is 27.9 Å². The molecule has 1 atom stereocenters. The third kappa shape index (κ3) is 6.43. The summed E-state index contributed by atoms with van der Waals surface area (Å²) >= 11 is 12.1. The van der Waals surface area contributed by atoms with Crippen molar-refractivity contribution >= 4 is 35.0 Å². The van der Waals surface area contributed by atoms with Crippen LogP contribution in [0.15, 0.2) is 48.5 Å². The number of halogens is 2. The molecule has 0 bridgehead atoms. The Bertz CT molecular complexity index is 813. The van der Waals surface area contributed by atoms with Crippen LogP contribution in [0.2, 0.25) is 10.0 Å². The van der Waals surface area contributed by atoms with Crippen LogP contribution >= 0.6 is 23.2 Å². The Morgan fingerprint density at radius 3 is 2.32 bits per heavy atom. The van der Waals surface area contributed by atoms with Crippen molar-refractivity contribution in [3.8, 4) is 5.75 Å². The van der Waals surface area contributed by atoms with Gasteiger partial charge in [-0.15, -0.1) is 0 Å². The Morgan fingerprint density at radius 1 is 1.04 bits per heavy atom. The first-order valence-electron chi connectivity index (χ1n) is 8.99. The number of benzene rings is 2. The third-order valence-electron chi connectivity index (χ3n) is 4.04. The minimum absolute atomic E-state index is 0.0301. The van der Waals surface area contributed by atoms with E-state index in [0.29, 0.717) is 15.8 Å². The summed E-state index contributed by atoms with van der Waals surface area (Å²) in [5, 5.41) is 3.66. The highest BCUT2D eigenvalue weighted by atomic mass is 35.5. The quantitative estimate of drug-likeness (QED) is 0.688. The van der Waals surface area contributed by atoms with Crippen LogP contribution in [0.1, 0.15) is 26.3 Å². The molecule has 0 aliphatic rings. The highest BCUT2D eigenvalue weighted by Crippen LogP contribution is 2.24. The number of rotatable bonds is 8. The molecule has 150 valence electrons. The highest BCUT2D eigenvalue weighted by Gasteiger charge is 2.27. The molecule has 2 aromatic rings. The van der Waals surface area contributed by atoms with Gasteiger partial charge in [0, 0.05) is 12.6 Å². The summed E-state index contributed by atoms with van der Waals surface area (Å²) < 4.78 is 5.57. The van der Waals surface area contributed by atoms with Gasteiger partial charge in [-0.3, -0.25) is 9.59 Å². The van der Waals surface area contributed by atoms with Gasteiger partial charge in [0.2, 0.25) is 5.91 Å². The van der Waals surface area contributed by atoms with Crippen molar-refractivity contribution in [1.82, 2.24) is 10.2 Å². The lowest BCUT2D eigenvalue weighted by Gasteiger charge is -2.29. The molecular formula is C21H24Cl2N2O3. The summed E-state index contributed by atoms with van der Waals surface area (Å²) in [5.41, 5.74) is 0.770. The topological polar surface area (TPSA) is 58.6 Å². The molecular weight excluding hydrogens is 399 g/mol. The molecule has 0 radical (unpaired) electrons. The van der Waals surface area contributed by atoms with Crippen LogP contribution in [0.4, 0.5) is 0 Å². The van der Waals surface area contributed by atoms with E-state index < -0.39 is 6.04 Å². The van der Waals surface area contributed by atoms with Gasteiger partial charge in [0.05, 0.1) is 10.0 Å². The molecule has 2 rings (SSSR count). The molecule has 5 nitrogen and oxygen atoms in total. The van der Waals surface area contributed by atoms with Gasteiger partial charge in [0.25, 0.3) is 5.91 Å². The van der Waals surface area contributed by atoms with Crippen LogP contribution in [-0.2, 0) is 16.1 Å². The molecule has 1 N–H and O–H groups in total. The second-order valence-corrected chi connectivity index (χ2v) is 7.53. The number of ether oxygens (including phenoxy) is 1. The molecule has 0 fully saturated rings. The average Bonchev–Trinajstić information content (AvgIpc) is 2.66. The van der Waals surface area contributed by atoms with Crippen molar-refractivity contribution < 1.29 is 14.3 Å². The number of nitrogens with one attached hydrogen (secondary N) is 1. The minimum atomic E-state index is -0.677. The van der Waals surface area contributed by atoms with E-state index in [1.165, 1.54) is 4.90 Å². The van der Waals surface area contributed by atoms with Crippen molar-refractivity contribution in [3.05, 3.63) is 64.1 Å². The smallest absolute Gasteiger partial charge is 0.261 e. The van der Waals surface area contributed by atoms with Gasteiger partial charge in [0.1, 0.15) is 11.8 Å². The number of nitrogens with zero attached hydrogens (tertiary/aromatic N) is 1. The molecule has 0 heterocycles. The van der Waals surface area contributed by atoms with E-state index in [9.17, 15) is 9.59 Å². The molecule has 0 aliphatic heterocycles. The summed E-state index contributed by atoms with van der Waals surface area (Å²) in [7, 11) is 0. The van der Waals surface area contributed by atoms with Crippen molar-refractivity contribution in [2.75, 3.05) is 6.61 Å². The summed E-state index contributed by atoms with van der Waals surface area (Å²) in [6.07, 6.45) is 0. The SMILES string of the molecule is CC(C)NC(=O)C(C)N(Cc1ccc(Cl)c(Cl)c1)C(=O)COc1ccccc1. The fourth-order valence-corrected chi connectivity index (χ4v) is 2.89. The number of carbonyl (C=O) groups is 2. The van der Waals surface area contributed by atoms with E-state index >= 15 is 0 Å². The van der Waals surface area contributed by atoms with Crippen molar-refractivity contribution in [2.24, 2.45) is 0 Å². The Balaban J connectivity index is 2.17. The largest absolute Gasteiger partial charge is 0.484 e. The molecule has 2 aromatic carbocycles. The summed E-state index contributed by atoms with van der Waals surface area (Å²) in [5.74, 6) is 0.0501. The van der Waals surface area contributed by atoms with Crippen molar-refractivity contribution in [1.29, 1.82) is 0 Å². The van der Waals surface area contributed by atoms with Gasteiger partial charge < -0.3 is 15.0 Å². The highest BCUT2D eigenvalue weighted by molar-refractivity contribution is 6.42. The average molecular weight is 423 g/mol. The second-order valence-electron chi connectivity index (χ2n) is 6.71. The maximum absolute atomic E-state index is 12.9. The zero-order chi connectivity index (χ0) is 20.7. The van der Waals surface area contributed by atoms with Crippen LogP contribution in [-0.4, -0.2) is 35.4 Å². The number of para-hydroxylation sites is 1. The Morgan fingerprint density at radius 2 is 1.71 bits per heavy atom. The number of hydrogen-bond donors (Lipinski definition) is 1. The van der Waals surface area contributed by atoms with Crippen LogP contribution in [0, 0.1) is 0 Å². The lowest BCUT2D eigenvalue weighted by Crippen LogP contribution is -2.50. The van der Waals surface area contributed by atoms with Crippen LogP contribution in [0.25, 0.3) is 0 Å². The molecule has 0 saturated carbocycles. The fraction of sp³-hybridized carbons (Fsp3) is 0.333. The maximum Gasteiger partial charge on any atom is 0.261 e. The maximum atomic E-state index is 12.9. The van der Waals surface area contributed by atoms with Crippen molar-refractivity contribution in [3.63, 3.8) is 0 Å². The molecule has 0 saturated heterocycles. The first-order valence-corrected chi connectivity index (χ1v) is 9.75. The normalized spacial score (nSPS) is 11.8. The van der Waals surface area contributed by atoms with E-state index in [1.54, 1.807) is 37.3 Å². The molecule has 7 heteroatoms. The lowest BCUT2D eigenvalue weighted by molar-refractivity contribution is -0.142. The number of hydrogen-bond acceptors (Lipinski definition) is 3. The zero-order valence-corrected chi connectivity index (χ0v) is 17.6. The third-order valence-corrected chi connectivity index (χ3v) is 4.78. The molecule has 1 unspecified atom stereocenters. The molecule has 0 spiro atoms. The van der Waals surface area contributed by atoms with Gasteiger partial charge in [-0.05, 0) is 50.6 Å². The van der Waals surface area contributed by atoms with Gasteiger partial charge >= 0.3 is 0 Å². The van der Waals surface area contributed by atoms with Gasteiger partial charge in [-0.1, -0.05) is 47.5 Å². The number of amides is 2. The monoisotopic (exact) mass is 422 g/mol. The molecule has 0 aromatic heterocycles. The molecule has 2 amide bonds. The standard InChI is InChI=1S/C21H24Cl2N2O3/c1-14(2)24-21(27)15(3)25(12-16-9-10-18(22)19(23)11-16)20(26)13-28-17-7-5-4-6-8-17/h4-11,14-15H,12-13H2,1-3H3,(H,24,27). The second kappa shape index (κ2) is 10.3. The Hall–Kier alpha value is -2.24. The predicted molar refractivity (Wildman–Crippen MR) is 112 cm³/mol. The first kappa shape index (κ1) is 22.1. The summed E-state index contributed by atoms with van der Waals surface area (Å²) in [6.45, 7) is 5.46. The molecule has 28 heavy (non-hydrogen) atoms. The van der Waals surface area contributed by atoms with E-state index in [0.717, 1.165) is 5.56 Å². The summed E-state index contributed by atoms with van der Waals surface area (Å²) in [6, 6.07) is 13.5. The van der Waals surface area contributed by atoms with E-state index in [-0.39, 0.29) is 31.0 Å². The molecule has 0 aliphatic carbocycles. The van der Waals surface area contributed by atoms with Crippen LogP contribution < -0.4 is 10.1 Å². The minimum Gasteiger partial charge on any atom is -0.484 e.